The highest BCUT2D eigenvalue weighted by Crippen LogP contribution is 2.34. The number of morpholine rings is 1. The molecule has 6 heteroatoms. The lowest BCUT2D eigenvalue weighted by molar-refractivity contribution is -0.0559. The third kappa shape index (κ3) is 3.39. The molecule has 1 aromatic rings. The molecule has 23 heavy (non-hydrogen) atoms. The van der Waals surface area contributed by atoms with Gasteiger partial charge < -0.3 is 19.1 Å². The highest BCUT2D eigenvalue weighted by Gasteiger charge is 2.49. The van der Waals surface area contributed by atoms with Gasteiger partial charge in [0.05, 0.1) is 38.1 Å². The number of hydrogen-bond acceptors (Lipinski definition) is 4. The van der Waals surface area contributed by atoms with Gasteiger partial charge in [0.15, 0.2) is 0 Å². The van der Waals surface area contributed by atoms with Crippen molar-refractivity contribution in [2.75, 3.05) is 39.6 Å². The lowest BCUT2D eigenvalue weighted by atomic mass is 9.92. The molecule has 0 radical (unpaired) electrons. The van der Waals surface area contributed by atoms with Gasteiger partial charge in [0.1, 0.15) is 5.82 Å². The molecule has 2 unspecified atom stereocenters. The minimum absolute atomic E-state index is 0.0422. The van der Waals surface area contributed by atoms with Crippen LogP contribution in [0.15, 0.2) is 24.3 Å². The molecule has 2 fully saturated rings. The molecular formula is C17H22FNO4. The van der Waals surface area contributed by atoms with Crippen molar-refractivity contribution in [1.29, 1.82) is 0 Å². The summed E-state index contributed by atoms with van der Waals surface area (Å²) in [6, 6.07) is 5.81. The summed E-state index contributed by atoms with van der Waals surface area (Å²) in [5, 5.41) is 0. The van der Waals surface area contributed by atoms with E-state index in [0.717, 1.165) is 0 Å². The van der Waals surface area contributed by atoms with E-state index >= 15 is 0 Å². The van der Waals surface area contributed by atoms with E-state index in [1.165, 1.54) is 12.1 Å². The fraction of sp³-hybridized carbons (Fsp3) is 0.588. The molecule has 1 spiro atoms. The first-order valence-corrected chi connectivity index (χ1v) is 7.99. The second kappa shape index (κ2) is 6.95. The second-order valence-electron chi connectivity index (χ2n) is 6.04. The summed E-state index contributed by atoms with van der Waals surface area (Å²) in [4.78, 5) is 14.6. The van der Waals surface area contributed by atoms with E-state index in [-0.39, 0.29) is 12.0 Å². The summed E-state index contributed by atoms with van der Waals surface area (Å²) < 4.78 is 30.3. The first kappa shape index (κ1) is 16.4. The molecule has 5 nitrogen and oxygen atoms in total. The van der Waals surface area contributed by atoms with E-state index < -0.39 is 11.4 Å². The van der Waals surface area contributed by atoms with Crippen LogP contribution < -0.4 is 0 Å². The van der Waals surface area contributed by atoms with E-state index in [4.69, 9.17) is 14.2 Å². The third-order valence-electron chi connectivity index (χ3n) is 4.42. The van der Waals surface area contributed by atoms with Gasteiger partial charge in [-0.3, -0.25) is 4.79 Å². The van der Waals surface area contributed by atoms with Gasteiger partial charge >= 0.3 is 0 Å². The summed E-state index contributed by atoms with van der Waals surface area (Å²) in [5.41, 5.74) is -0.122. The fourth-order valence-electron chi connectivity index (χ4n) is 3.29. The van der Waals surface area contributed by atoms with Crippen LogP contribution in [0.5, 0.6) is 0 Å². The zero-order chi connectivity index (χ0) is 16.3. The SMILES string of the molecule is CCOCC1CC2(COCCN2C(=O)c2cccc(F)c2)CO1. The molecule has 0 aromatic heterocycles. The molecule has 0 aliphatic carbocycles. The first-order valence-electron chi connectivity index (χ1n) is 7.99. The maximum atomic E-state index is 13.4. The van der Waals surface area contributed by atoms with Crippen LogP contribution in [0.4, 0.5) is 4.39 Å². The van der Waals surface area contributed by atoms with Crippen LogP contribution >= 0.6 is 0 Å². The van der Waals surface area contributed by atoms with E-state index in [1.54, 1.807) is 17.0 Å². The summed E-state index contributed by atoms with van der Waals surface area (Å²) in [6.45, 7) is 4.92. The van der Waals surface area contributed by atoms with Crippen molar-refractivity contribution < 1.29 is 23.4 Å². The Morgan fingerprint density at radius 2 is 2.35 bits per heavy atom. The van der Waals surface area contributed by atoms with Crippen LogP contribution in [-0.2, 0) is 14.2 Å². The van der Waals surface area contributed by atoms with Gasteiger partial charge in [-0.15, -0.1) is 0 Å². The molecule has 1 aromatic carbocycles. The van der Waals surface area contributed by atoms with Gasteiger partial charge in [-0.25, -0.2) is 4.39 Å². The van der Waals surface area contributed by atoms with Crippen molar-refractivity contribution >= 4 is 5.91 Å². The normalized spacial score (nSPS) is 27.6. The maximum Gasteiger partial charge on any atom is 0.254 e. The van der Waals surface area contributed by atoms with Crippen LogP contribution in [-0.4, -0.2) is 62.0 Å². The molecule has 0 saturated carbocycles. The standard InChI is InChI=1S/C17H22FNO4/c1-2-21-10-15-9-17(12-23-15)11-22-7-6-19(17)16(20)13-4-3-5-14(18)8-13/h3-5,8,15H,2,6-7,9-12H2,1H3. The number of benzene rings is 1. The molecule has 2 atom stereocenters. The van der Waals surface area contributed by atoms with Crippen LogP contribution in [0.2, 0.25) is 0 Å². The van der Waals surface area contributed by atoms with Gasteiger partial charge in [-0.1, -0.05) is 6.07 Å². The monoisotopic (exact) mass is 323 g/mol. The van der Waals surface area contributed by atoms with Crippen molar-refractivity contribution in [3.8, 4) is 0 Å². The second-order valence-corrected chi connectivity index (χ2v) is 6.04. The number of halogens is 1. The van der Waals surface area contributed by atoms with Crippen LogP contribution in [0.3, 0.4) is 0 Å². The minimum atomic E-state index is -0.483. The molecule has 0 N–H and O–H groups in total. The van der Waals surface area contributed by atoms with Gasteiger partial charge in [0, 0.05) is 25.1 Å². The molecule has 2 aliphatic rings. The predicted octanol–water partition coefficient (Wildman–Crippen LogP) is 1.86. The van der Waals surface area contributed by atoms with Gasteiger partial charge in [-0.05, 0) is 25.1 Å². The highest BCUT2D eigenvalue weighted by atomic mass is 19.1. The molecule has 3 rings (SSSR count). The average Bonchev–Trinajstić information content (AvgIpc) is 2.96. The number of hydrogen-bond donors (Lipinski definition) is 0. The minimum Gasteiger partial charge on any atom is -0.379 e. The first-order chi connectivity index (χ1) is 11.1. The van der Waals surface area contributed by atoms with Gasteiger partial charge in [-0.2, -0.15) is 0 Å². The van der Waals surface area contributed by atoms with Gasteiger partial charge in [0.25, 0.3) is 5.91 Å². The molecule has 126 valence electrons. The predicted molar refractivity (Wildman–Crippen MR) is 81.8 cm³/mol. The molecular weight excluding hydrogens is 301 g/mol. The Bertz CT molecular complexity index is 567. The van der Waals surface area contributed by atoms with Crippen LogP contribution in [0, 0.1) is 5.82 Å². The zero-order valence-electron chi connectivity index (χ0n) is 13.3. The Hall–Kier alpha value is -1.50. The van der Waals surface area contributed by atoms with Crippen molar-refractivity contribution in [2.45, 2.75) is 25.0 Å². The summed E-state index contributed by atoms with van der Waals surface area (Å²) in [6.07, 6.45) is 0.632. The number of ether oxygens (including phenoxy) is 3. The molecule has 2 aliphatic heterocycles. The Labute approximate surface area is 135 Å². The van der Waals surface area contributed by atoms with E-state index in [2.05, 4.69) is 0 Å². The summed E-state index contributed by atoms with van der Waals surface area (Å²) in [5.74, 6) is -0.580. The average molecular weight is 323 g/mol. The Balaban J connectivity index is 1.78. The van der Waals surface area contributed by atoms with Crippen molar-refractivity contribution in [2.24, 2.45) is 0 Å². The van der Waals surface area contributed by atoms with Crippen molar-refractivity contribution in [1.82, 2.24) is 4.90 Å². The Morgan fingerprint density at radius 3 is 3.13 bits per heavy atom. The van der Waals surface area contributed by atoms with E-state index in [9.17, 15) is 9.18 Å². The third-order valence-corrected chi connectivity index (χ3v) is 4.42. The quantitative estimate of drug-likeness (QED) is 0.849. The summed E-state index contributed by atoms with van der Waals surface area (Å²) >= 11 is 0. The molecule has 2 heterocycles. The Kier molecular flexibility index (Phi) is 4.94. The van der Waals surface area contributed by atoms with Gasteiger partial charge in [0.2, 0.25) is 0 Å². The Morgan fingerprint density at radius 1 is 1.48 bits per heavy atom. The molecule has 1 amide bonds. The number of nitrogens with zero attached hydrogens (tertiary/aromatic N) is 1. The number of amides is 1. The van der Waals surface area contributed by atoms with Crippen molar-refractivity contribution in [3.05, 3.63) is 35.6 Å². The molecule has 0 bridgehead atoms. The fourth-order valence-corrected chi connectivity index (χ4v) is 3.29. The number of carbonyl (C=O) groups is 1. The highest BCUT2D eigenvalue weighted by molar-refractivity contribution is 5.94. The number of rotatable bonds is 4. The lowest BCUT2D eigenvalue weighted by Gasteiger charge is -2.43. The lowest BCUT2D eigenvalue weighted by Crippen LogP contribution is -2.59. The maximum absolute atomic E-state index is 13.4. The van der Waals surface area contributed by atoms with Crippen LogP contribution in [0.25, 0.3) is 0 Å². The van der Waals surface area contributed by atoms with Crippen LogP contribution in [0.1, 0.15) is 23.7 Å². The molecule has 2 saturated heterocycles. The number of carbonyl (C=O) groups excluding carboxylic acids is 1. The smallest absolute Gasteiger partial charge is 0.254 e. The van der Waals surface area contributed by atoms with E-state index in [0.29, 0.717) is 51.6 Å². The summed E-state index contributed by atoms with van der Waals surface area (Å²) in [7, 11) is 0. The zero-order valence-corrected chi connectivity index (χ0v) is 13.3. The van der Waals surface area contributed by atoms with Crippen molar-refractivity contribution in [3.63, 3.8) is 0 Å². The van der Waals surface area contributed by atoms with E-state index in [1.807, 2.05) is 6.92 Å². The largest absolute Gasteiger partial charge is 0.379 e. The topological polar surface area (TPSA) is 48.0 Å².